The zero-order chi connectivity index (χ0) is 21.7. The maximum absolute atomic E-state index is 12.8. The van der Waals surface area contributed by atoms with E-state index in [1.165, 1.54) is 31.3 Å². The number of anilines is 4. The van der Waals surface area contributed by atoms with Crippen LogP contribution in [-0.4, -0.2) is 57.8 Å². The van der Waals surface area contributed by atoms with Crippen LogP contribution in [0.1, 0.15) is 17.3 Å². The van der Waals surface area contributed by atoms with E-state index >= 15 is 0 Å². The second-order valence-electron chi connectivity index (χ2n) is 6.77. The van der Waals surface area contributed by atoms with Gasteiger partial charge in [0.25, 0.3) is 5.91 Å². The molecule has 1 aromatic carbocycles. The minimum Gasteiger partial charge on any atom is -0.378 e. The van der Waals surface area contributed by atoms with Crippen molar-refractivity contribution in [2.75, 3.05) is 52.8 Å². The predicted octanol–water partition coefficient (Wildman–Crippen LogP) is 1.50. The SMILES string of the molecule is CC(=O)Nc1ccc(NS(C)(=O)=O)c(C(=O)Nc2ccc(N3CCOCC3)nc2)c1. The first-order chi connectivity index (χ1) is 14.2. The fourth-order valence-electron chi connectivity index (χ4n) is 2.94. The number of carbonyl (C=O) groups is 2. The maximum Gasteiger partial charge on any atom is 0.257 e. The number of hydrogen-bond donors (Lipinski definition) is 3. The van der Waals surface area contributed by atoms with Crippen molar-refractivity contribution in [2.45, 2.75) is 6.92 Å². The number of nitrogens with one attached hydrogen (secondary N) is 3. The molecule has 0 atom stereocenters. The molecule has 2 aromatic rings. The molecule has 0 bridgehead atoms. The van der Waals surface area contributed by atoms with E-state index in [4.69, 9.17) is 4.74 Å². The smallest absolute Gasteiger partial charge is 0.257 e. The zero-order valence-electron chi connectivity index (χ0n) is 16.6. The van der Waals surface area contributed by atoms with Crippen molar-refractivity contribution in [1.29, 1.82) is 0 Å². The highest BCUT2D eigenvalue weighted by atomic mass is 32.2. The van der Waals surface area contributed by atoms with Gasteiger partial charge in [0.05, 0.1) is 42.6 Å². The van der Waals surface area contributed by atoms with Crippen molar-refractivity contribution in [3.8, 4) is 0 Å². The van der Waals surface area contributed by atoms with Crippen LogP contribution in [-0.2, 0) is 19.6 Å². The minimum atomic E-state index is -3.61. The minimum absolute atomic E-state index is 0.0592. The molecule has 11 heteroatoms. The summed E-state index contributed by atoms with van der Waals surface area (Å²) in [4.78, 5) is 30.6. The standard InChI is InChI=1S/C19H23N5O5S/c1-13(25)21-14-3-5-17(23-30(2,27)28)16(11-14)19(26)22-15-4-6-18(20-12-15)24-7-9-29-10-8-24/h3-6,11-12,23H,7-10H2,1-2H3,(H,21,25)(H,22,26). The summed E-state index contributed by atoms with van der Waals surface area (Å²) in [7, 11) is -3.61. The van der Waals surface area contributed by atoms with Gasteiger partial charge in [0, 0.05) is 25.7 Å². The third-order valence-corrected chi connectivity index (χ3v) is 4.81. The molecule has 1 aliphatic heterocycles. The lowest BCUT2D eigenvalue weighted by Crippen LogP contribution is -2.36. The Morgan fingerprint density at radius 3 is 2.37 bits per heavy atom. The quantitative estimate of drug-likeness (QED) is 0.629. The average molecular weight is 433 g/mol. The Morgan fingerprint density at radius 1 is 1.07 bits per heavy atom. The Balaban J connectivity index is 1.81. The number of sulfonamides is 1. The Bertz CT molecular complexity index is 1030. The summed E-state index contributed by atoms with van der Waals surface area (Å²) < 4.78 is 30.9. The Labute approximate surface area is 174 Å². The second kappa shape index (κ2) is 9.09. The van der Waals surface area contributed by atoms with Crippen LogP contribution in [0.25, 0.3) is 0 Å². The fraction of sp³-hybridized carbons (Fsp3) is 0.316. The molecule has 3 N–H and O–H groups in total. The van der Waals surface area contributed by atoms with E-state index in [0.717, 1.165) is 25.2 Å². The number of rotatable bonds is 6. The van der Waals surface area contributed by atoms with E-state index < -0.39 is 15.9 Å². The summed E-state index contributed by atoms with van der Waals surface area (Å²) in [5, 5.41) is 5.28. The third-order valence-electron chi connectivity index (χ3n) is 4.22. The van der Waals surface area contributed by atoms with Crippen LogP contribution < -0.4 is 20.3 Å². The molecule has 1 fully saturated rings. The van der Waals surface area contributed by atoms with Gasteiger partial charge in [-0.15, -0.1) is 0 Å². The lowest BCUT2D eigenvalue weighted by Gasteiger charge is -2.27. The molecule has 1 saturated heterocycles. The second-order valence-corrected chi connectivity index (χ2v) is 8.52. The van der Waals surface area contributed by atoms with Crippen LogP contribution in [0.4, 0.5) is 22.9 Å². The van der Waals surface area contributed by atoms with Gasteiger partial charge in [-0.25, -0.2) is 13.4 Å². The number of morpholine rings is 1. The van der Waals surface area contributed by atoms with E-state index in [0.29, 0.717) is 24.6 Å². The molecule has 0 saturated carbocycles. The Morgan fingerprint density at radius 2 is 1.77 bits per heavy atom. The number of hydrogen-bond acceptors (Lipinski definition) is 7. The molecule has 3 rings (SSSR count). The molecule has 2 amide bonds. The Hall–Kier alpha value is -3.18. The highest BCUT2D eigenvalue weighted by Crippen LogP contribution is 2.23. The van der Waals surface area contributed by atoms with Crippen molar-refractivity contribution in [3.05, 3.63) is 42.1 Å². The van der Waals surface area contributed by atoms with Crippen LogP contribution in [0.15, 0.2) is 36.5 Å². The van der Waals surface area contributed by atoms with Crippen molar-refractivity contribution in [1.82, 2.24) is 4.98 Å². The molecular weight excluding hydrogens is 410 g/mol. The van der Waals surface area contributed by atoms with Gasteiger partial charge >= 0.3 is 0 Å². The molecular formula is C19H23N5O5S. The van der Waals surface area contributed by atoms with E-state index in [2.05, 4.69) is 25.2 Å². The Kier molecular flexibility index (Phi) is 6.53. The summed E-state index contributed by atoms with van der Waals surface area (Å²) in [6, 6.07) is 7.84. The average Bonchev–Trinajstić information content (AvgIpc) is 2.69. The number of benzene rings is 1. The lowest BCUT2D eigenvalue weighted by atomic mass is 10.1. The van der Waals surface area contributed by atoms with Gasteiger partial charge in [-0.05, 0) is 30.3 Å². The van der Waals surface area contributed by atoms with Crippen molar-refractivity contribution >= 4 is 44.7 Å². The highest BCUT2D eigenvalue weighted by molar-refractivity contribution is 7.92. The normalized spacial score (nSPS) is 14.1. The molecule has 1 aromatic heterocycles. The van der Waals surface area contributed by atoms with Gasteiger partial charge in [-0.1, -0.05) is 0 Å². The van der Waals surface area contributed by atoms with E-state index in [1.54, 1.807) is 12.1 Å². The molecule has 30 heavy (non-hydrogen) atoms. The first-order valence-corrected chi connectivity index (χ1v) is 11.1. The molecule has 10 nitrogen and oxygen atoms in total. The van der Waals surface area contributed by atoms with E-state index in [9.17, 15) is 18.0 Å². The van der Waals surface area contributed by atoms with Gasteiger partial charge in [-0.3, -0.25) is 14.3 Å². The van der Waals surface area contributed by atoms with Crippen LogP contribution in [0.2, 0.25) is 0 Å². The maximum atomic E-state index is 12.8. The first kappa shape index (κ1) is 21.5. The lowest BCUT2D eigenvalue weighted by molar-refractivity contribution is -0.114. The number of amides is 2. The summed E-state index contributed by atoms with van der Waals surface area (Å²) in [6.45, 7) is 4.11. The van der Waals surface area contributed by atoms with E-state index in [-0.39, 0.29) is 17.2 Å². The number of ether oxygens (including phenoxy) is 1. The zero-order valence-corrected chi connectivity index (χ0v) is 17.5. The highest BCUT2D eigenvalue weighted by Gasteiger charge is 2.17. The topological polar surface area (TPSA) is 130 Å². The molecule has 160 valence electrons. The molecule has 1 aliphatic rings. The van der Waals surface area contributed by atoms with Gasteiger partial charge < -0.3 is 20.3 Å². The van der Waals surface area contributed by atoms with Gasteiger partial charge in [0.2, 0.25) is 15.9 Å². The first-order valence-electron chi connectivity index (χ1n) is 9.21. The molecule has 0 aliphatic carbocycles. The predicted molar refractivity (Wildman–Crippen MR) is 114 cm³/mol. The van der Waals surface area contributed by atoms with E-state index in [1.807, 2.05) is 0 Å². The summed E-state index contributed by atoms with van der Waals surface area (Å²) in [6.07, 6.45) is 2.52. The molecule has 0 radical (unpaired) electrons. The number of aromatic nitrogens is 1. The molecule has 0 unspecified atom stereocenters. The van der Waals surface area contributed by atoms with Crippen LogP contribution >= 0.6 is 0 Å². The molecule has 2 heterocycles. The van der Waals surface area contributed by atoms with Crippen LogP contribution in [0.5, 0.6) is 0 Å². The number of carbonyl (C=O) groups excluding carboxylic acids is 2. The fourth-order valence-corrected chi connectivity index (χ4v) is 3.52. The van der Waals surface area contributed by atoms with Crippen molar-refractivity contribution in [3.63, 3.8) is 0 Å². The summed E-state index contributed by atoms with van der Waals surface area (Å²) >= 11 is 0. The number of pyridine rings is 1. The van der Waals surface area contributed by atoms with Gasteiger partial charge in [0.1, 0.15) is 5.82 Å². The third kappa shape index (κ3) is 5.91. The molecule has 0 spiro atoms. The summed E-state index contributed by atoms with van der Waals surface area (Å²) in [5.41, 5.74) is 0.977. The largest absolute Gasteiger partial charge is 0.378 e. The van der Waals surface area contributed by atoms with Crippen molar-refractivity contribution in [2.24, 2.45) is 0 Å². The van der Waals surface area contributed by atoms with Crippen LogP contribution in [0.3, 0.4) is 0 Å². The summed E-state index contributed by atoms with van der Waals surface area (Å²) in [5.74, 6) is -0.0780. The van der Waals surface area contributed by atoms with Gasteiger partial charge in [0.15, 0.2) is 0 Å². The monoisotopic (exact) mass is 433 g/mol. The van der Waals surface area contributed by atoms with Crippen LogP contribution in [0, 0.1) is 0 Å². The number of nitrogens with zero attached hydrogens (tertiary/aromatic N) is 2. The van der Waals surface area contributed by atoms with Gasteiger partial charge in [-0.2, -0.15) is 0 Å². The van der Waals surface area contributed by atoms with Crippen molar-refractivity contribution < 1.29 is 22.7 Å².